The van der Waals surface area contributed by atoms with E-state index in [1.54, 1.807) is 6.92 Å². The molecule has 2 aliphatic heterocycles. The zero-order valence-electron chi connectivity index (χ0n) is 16.5. The molecule has 1 N–H and O–H groups in total. The van der Waals surface area contributed by atoms with Crippen molar-refractivity contribution in [2.75, 3.05) is 45.7 Å². The van der Waals surface area contributed by atoms with Gasteiger partial charge in [0, 0.05) is 52.8 Å². The van der Waals surface area contributed by atoms with Gasteiger partial charge in [0.15, 0.2) is 0 Å². The third kappa shape index (κ3) is 4.51. The van der Waals surface area contributed by atoms with Crippen LogP contribution in [0.2, 0.25) is 0 Å². The number of nitrogens with zero attached hydrogens (tertiary/aromatic N) is 5. The van der Waals surface area contributed by atoms with E-state index in [9.17, 15) is 4.79 Å². The molecule has 0 bridgehead atoms. The molecule has 3 heterocycles. The van der Waals surface area contributed by atoms with E-state index in [1.807, 2.05) is 19.0 Å². The minimum atomic E-state index is 0.186. The molecule has 0 radical (unpaired) electrons. The molecule has 2 saturated heterocycles. The number of aromatic nitrogens is 2. The van der Waals surface area contributed by atoms with Gasteiger partial charge in [0.25, 0.3) is 0 Å². The molecule has 0 aliphatic carbocycles. The van der Waals surface area contributed by atoms with Crippen LogP contribution in [-0.2, 0) is 11.3 Å². The summed E-state index contributed by atoms with van der Waals surface area (Å²) in [6.07, 6.45) is 4.34. The number of anilines is 1. The molecule has 1 amide bonds. The number of likely N-dealkylation sites (tertiary alicyclic amines) is 1. The smallest absolute Gasteiger partial charge is 0.219 e. The Morgan fingerprint density at radius 3 is 2.54 bits per heavy atom. The van der Waals surface area contributed by atoms with Gasteiger partial charge < -0.3 is 15.1 Å². The summed E-state index contributed by atoms with van der Waals surface area (Å²) in [4.78, 5) is 27.5. The first-order valence-electron chi connectivity index (χ1n) is 9.68. The van der Waals surface area contributed by atoms with Crippen molar-refractivity contribution < 1.29 is 4.79 Å². The molecular weight excluding hydrogens is 328 g/mol. The van der Waals surface area contributed by atoms with Crippen LogP contribution in [0.25, 0.3) is 0 Å². The van der Waals surface area contributed by atoms with Crippen LogP contribution in [0.3, 0.4) is 0 Å². The molecular formula is C19H32N6O. The van der Waals surface area contributed by atoms with Crippen LogP contribution in [-0.4, -0.2) is 72.5 Å². The van der Waals surface area contributed by atoms with Crippen molar-refractivity contribution in [1.29, 1.82) is 0 Å². The fraction of sp³-hybridized carbons (Fsp3) is 0.737. The topological polar surface area (TPSA) is 64.6 Å². The zero-order valence-corrected chi connectivity index (χ0v) is 16.5. The highest BCUT2D eigenvalue weighted by atomic mass is 16.2. The summed E-state index contributed by atoms with van der Waals surface area (Å²) >= 11 is 0. The predicted molar refractivity (Wildman–Crippen MR) is 103 cm³/mol. The van der Waals surface area contributed by atoms with Gasteiger partial charge in [0.05, 0.1) is 11.7 Å². The summed E-state index contributed by atoms with van der Waals surface area (Å²) in [5.74, 6) is 2.08. The highest BCUT2D eigenvalue weighted by molar-refractivity contribution is 5.73. The van der Waals surface area contributed by atoms with Crippen LogP contribution < -0.4 is 10.2 Å². The summed E-state index contributed by atoms with van der Waals surface area (Å²) < 4.78 is 0. The number of nitrogens with one attached hydrogen (secondary N) is 1. The normalized spacial score (nSPS) is 21.4. The lowest BCUT2D eigenvalue weighted by atomic mass is 10.0. The molecule has 7 nitrogen and oxygen atoms in total. The maximum Gasteiger partial charge on any atom is 0.219 e. The molecule has 144 valence electrons. The van der Waals surface area contributed by atoms with Crippen LogP contribution in [0.1, 0.15) is 50.2 Å². The van der Waals surface area contributed by atoms with Gasteiger partial charge in [0.2, 0.25) is 5.91 Å². The molecule has 3 rings (SSSR count). The Balaban J connectivity index is 1.69. The SMILES string of the molecule is CC(=O)N1CCC(N(C)Cc2cc(N(C)C)nc([C@H]3CCCN3)n2)CC1. The minimum absolute atomic E-state index is 0.186. The molecule has 1 atom stereocenters. The Morgan fingerprint density at radius 1 is 1.23 bits per heavy atom. The Kier molecular flexibility index (Phi) is 6.09. The average molecular weight is 361 g/mol. The minimum Gasteiger partial charge on any atom is -0.363 e. The van der Waals surface area contributed by atoms with Crippen molar-refractivity contribution in [1.82, 2.24) is 25.1 Å². The van der Waals surface area contributed by atoms with E-state index in [0.717, 1.165) is 62.8 Å². The van der Waals surface area contributed by atoms with Crippen LogP contribution in [0.15, 0.2) is 6.07 Å². The van der Waals surface area contributed by atoms with E-state index < -0.39 is 0 Å². The Bertz CT molecular complexity index is 620. The quantitative estimate of drug-likeness (QED) is 0.857. The molecule has 1 aromatic heterocycles. The standard InChI is InChI=1S/C19H32N6O/c1-14(26)25-10-7-16(8-11-25)24(4)13-15-12-18(23(2)3)22-19(21-15)17-6-5-9-20-17/h12,16-17,20H,5-11,13H2,1-4H3/t17-/m1/s1. The summed E-state index contributed by atoms with van der Waals surface area (Å²) in [7, 11) is 6.22. The molecule has 0 saturated carbocycles. The molecule has 0 aromatic carbocycles. The van der Waals surface area contributed by atoms with Crippen LogP contribution in [0.5, 0.6) is 0 Å². The Hall–Kier alpha value is -1.73. The predicted octanol–water partition coefficient (Wildman–Crippen LogP) is 1.41. The second-order valence-electron chi connectivity index (χ2n) is 7.77. The van der Waals surface area contributed by atoms with Gasteiger partial charge in [-0.05, 0) is 39.3 Å². The van der Waals surface area contributed by atoms with Gasteiger partial charge in [-0.25, -0.2) is 9.97 Å². The van der Waals surface area contributed by atoms with E-state index >= 15 is 0 Å². The maximum atomic E-state index is 11.5. The first-order valence-corrected chi connectivity index (χ1v) is 9.68. The third-order valence-electron chi connectivity index (χ3n) is 5.56. The summed E-state index contributed by atoms with van der Waals surface area (Å²) in [6.45, 7) is 5.23. The number of carbonyl (C=O) groups is 1. The third-order valence-corrected chi connectivity index (χ3v) is 5.56. The zero-order chi connectivity index (χ0) is 18.7. The van der Waals surface area contributed by atoms with Crippen molar-refractivity contribution in [2.45, 2.75) is 51.2 Å². The highest BCUT2D eigenvalue weighted by Crippen LogP contribution is 2.24. The number of hydrogen-bond acceptors (Lipinski definition) is 6. The molecule has 7 heteroatoms. The van der Waals surface area contributed by atoms with E-state index in [4.69, 9.17) is 9.97 Å². The summed E-state index contributed by atoms with van der Waals surface area (Å²) in [5, 5.41) is 3.50. The lowest BCUT2D eigenvalue weighted by Crippen LogP contribution is -2.44. The van der Waals surface area contributed by atoms with Gasteiger partial charge in [0.1, 0.15) is 11.6 Å². The van der Waals surface area contributed by atoms with E-state index in [2.05, 4.69) is 28.2 Å². The molecule has 1 aromatic rings. The second-order valence-corrected chi connectivity index (χ2v) is 7.77. The van der Waals surface area contributed by atoms with E-state index in [0.29, 0.717) is 6.04 Å². The van der Waals surface area contributed by atoms with Gasteiger partial charge in [-0.1, -0.05) is 0 Å². The number of piperidine rings is 1. The fourth-order valence-corrected chi connectivity index (χ4v) is 3.88. The maximum absolute atomic E-state index is 11.5. The first kappa shape index (κ1) is 19.0. The second kappa shape index (κ2) is 8.31. The van der Waals surface area contributed by atoms with Crippen molar-refractivity contribution in [3.8, 4) is 0 Å². The lowest BCUT2D eigenvalue weighted by Gasteiger charge is -2.36. The van der Waals surface area contributed by atoms with Gasteiger partial charge in [-0.3, -0.25) is 9.69 Å². The number of hydrogen-bond donors (Lipinski definition) is 1. The van der Waals surface area contributed by atoms with Crippen LogP contribution in [0.4, 0.5) is 5.82 Å². The number of amides is 1. The van der Waals surface area contributed by atoms with Gasteiger partial charge >= 0.3 is 0 Å². The summed E-state index contributed by atoms with van der Waals surface area (Å²) in [6, 6.07) is 2.87. The monoisotopic (exact) mass is 360 g/mol. The van der Waals surface area contributed by atoms with Crippen molar-refractivity contribution in [2.24, 2.45) is 0 Å². The van der Waals surface area contributed by atoms with Crippen molar-refractivity contribution in [3.05, 3.63) is 17.6 Å². The number of rotatable bonds is 5. The van der Waals surface area contributed by atoms with E-state index in [1.165, 1.54) is 6.42 Å². The lowest BCUT2D eigenvalue weighted by molar-refractivity contribution is -0.130. The number of carbonyl (C=O) groups excluding carboxylic acids is 1. The Morgan fingerprint density at radius 2 is 1.96 bits per heavy atom. The van der Waals surface area contributed by atoms with Gasteiger partial charge in [-0.2, -0.15) is 0 Å². The largest absolute Gasteiger partial charge is 0.363 e. The molecule has 0 unspecified atom stereocenters. The molecule has 26 heavy (non-hydrogen) atoms. The summed E-state index contributed by atoms with van der Waals surface area (Å²) in [5.41, 5.74) is 1.07. The highest BCUT2D eigenvalue weighted by Gasteiger charge is 2.25. The van der Waals surface area contributed by atoms with E-state index in [-0.39, 0.29) is 11.9 Å². The molecule has 2 aliphatic rings. The molecule has 0 spiro atoms. The van der Waals surface area contributed by atoms with Crippen molar-refractivity contribution in [3.63, 3.8) is 0 Å². The average Bonchev–Trinajstić information content (AvgIpc) is 3.16. The first-order chi connectivity index (χ1) is 12.4. The fourth-order valence-electron chi connectivity index (χ4n) is 3.88. The van der Waals surface area contributed by atoms with Crippen molar-refractivity contribution >= 4 is 11.7 Å². The molecule has 2 fully saturated rings. The van der Waals surface area contributed by atoms with Crippen LogP contribution >= 0.6 is 0 Å². The van der Waals surface area contributed by atoms with Crippen LogP contribution in [0, 0.1) is 0 Å². The Labute approximate surface area is 156 Å². The van der Waals surface area contributed by atoms with Gasteiger partial charge in [-0.15, -0.1) is 0 Å².